The van der Waals surface area contributed by atoms with Crippen molar-refractivity contribution in [1.29, 1.82) is 0 Å². The van der Waals surface area contributed by atoms with E-state index in [1.807, 2.05) is 0 Å². The Hall–Kier alpha value is -2.22. The maximum atomic E-state index is 10.8. The molecule has 0 radical (unpaired) electrons. The Morgan fingerprint density at radius 3 is 2.62 bits per heavy atom. The van der Waals surface area contributed by atoms with Crippen molar-refractivity contribution >= 4 is 17.5 Å². The molecule has 0 amide bonds. The zero-order valence-electron chi connectivity index (χ0n) is 11.9. The zero-order valence-corrected chi connectivity index (χ0v) is 11.9. The minimum absolute atomic E-state index is 0.0267. The smallest absolute Gasteiger partial charge is 0.304 e. The number of aromatic nitrogens is 1. The number of nitrogens with zero attached hydrogens (tertiary/aromatic N) is 4. The van der Waals surface area contributed by atoms with E-state index >= 15 is 0 Å². The fourth-order valence-corrected chi connectivity index (χ4v) is 2.35. The second kappa shape index (κ2) is 6.49. The predicted molar refractivity (Wildman–Crippen MR) is 76.5 cm³/mol. The van der Waals surface area contributed by atoms with Crippen LogP contribution in [0.15, 0.2) is 12.3 Å². The molecule has 1 aromatic rings. The summed E-state index contributed by atoms with van der Waals surface area (Å²) >= 11 is 0. The SMILES string of the molecule is Cc1cc(N2CCN(CCC(=O)O)CC2)ncc1[N+](=O)[O-]. The first-order valence-corrected chi connectivity index (χ1v) is 6.77. The Labute approximate surface area is 122 Å². The Kier molecular flexibility index (Phi) is 4.69. The van der Waals surface area contributed by atoms with Crippen molar-refractivity contribution in [3.05, 3.63) is 27.9 Å². The fraction of sp³-hybridized carbons (Fsp3) is 0.538. The number of aryl methyl sites for hydroxylation is 1. The van der Waals surface area contributed by atoms with Crippen molar-refractivity contribution in [2.45, 2.75) is 13.3 Å². The highest BCUT2D eigenvalue weighted by molar-refractivity contribution is 5.66. The van der Waals surface area contributed by atoms with Crippen LogP contribution in [0.3, 0.4) is 0 Å². The van der Waals surface area contributed by atoms with E-state index in [0.717, 1.165) is 32.0 Å². The summed E-state index contributed by atoms with van der Waals surface area (Å²) in [6, 6.07) is 1.73. The molecule has 0 saturated carbocycles. The molecule has 21 heavy (non-hydrogen) atoms. The van der Waals surface area contributed by atoms with Gasteiger partial charge in [-0.15, -0.1) is 0 Å². The van der Waals surface area contributed by atoms with Crippen LogP contribution in [0.5, 0.6) is 0 Å². The van der Waals surface area contributed by atoms with Crippen molar-refractivity contribution in [3.63, 3.8) is 0 Å². The van der Waals surface area contributed by atoms with Crippen molar-refractivity contribution in [2.75, 3.05) is 37.6 Å². The number of nitro groups is 1. The zero-order chi connectivity index (χ0) is 15.4. The van der Waals surface area contributed by atoms with Crippen LogP contribution in [0.1, 0.15) is 12.0 Å². The molecule has 1 saturated heterocycles. The van der Waals surface area contributed by atoms with Gasteiger partial charge in [-0.1, -0.05) is 0 Å². The number of carbonyl (C=O) groups is 1. The molecule has 0 atom stereocenters. The van der Waals surface area contributed by atoms with E-state index in [2.05, 4.69) is 14.8 Å². The second-order valence-corrected chi connectivity index (χ2v) is 5.06. The summed E-state index contributed by atoms with van der Waals surface area (Å²) in [5, 5.41) is 19.4. The Morgan fingerprint density at radius 1 is 1.43 bits per heavy atom. The summed E-state index contributed by atoms with van der Waals surface area (Å²) in [4.78, 5) is 29.2. The maximum absolute atomic E-state index is 10.8. The summed E-state index contributed by atoms with van der Waals surface area (Å²) < 4.78 is 0. The number of rotatable bonds is 5. The quantitative estimate of drug-likeness (QED) is 0.636. The van der Waals surface area contributed by atoms with E-state index in [4.69, 9.17) is 5.11 Å². The monoisotopic (exact) mass is 294 g/mol. The first-order valence-electron chi connectivity index (χ1n) is 6.77. The molecule has 8 nitrogen and oxygen atoms in total. The number of pyridine rings is 1. The van der Waals surface area contributed by atoms with Crippen LogP contribution in [0.4, 0.5) is 11.5 Å². The number of aliphatic carboxylic acids is 1. The lowest BCUT2D eigenvalue weighted by molar-refractivity contribution is -0.385. The lowest BCUT2D eigenvalue weighted by Gasteiger charge is -2.35. The number of hydrogen-bond acceptors (Lipinski definition) is 6. The highest BCUT2D eigenvalue weighted by Crippen LogP contribution is 2.22. The molecule has 1 aromatic heterocycles. The van der Waals surface area contributed by atoms with Gasteiger partial charge in [-0.3, -0.25) is 19.8 Å². The van der Waals surface area contributed by atoms with Crippen molar-refractivity contribution in [2.24, 2.45) is 0 Å². The third-order valence-corrected chi connectivity index (χ3v) is 3.60. The third-order valence-electron chi connectivity index (χ3n) is 3.60. The van der Waals surface area contributed by atoms with Gasteiger partial charge in [-0.2, -0.15) is 0 Å². The normalized spacial score (nSPS) is 16.0. The molecule has 2 rings (SSSR count). The Balaban J connectivity index is 1.94. The van der Waals surface area contributed by atoms with Gasteiger partial charge in [0, 0.05) is 38.3 Å². The second-order valence-electron chi connectivity index (χ2n) is 5.06. The Morgan fingerprint density at radius 2 is 2.10 bits per heavy atom. The number of anilines is 1. The summed E-state index contributed by atoms with van der Waals surface area (Å²) in [5.41, 5.74) is 0.622. The van der Waals surface area contributed by atoms with E-state index < -0.39 is 10.9 Å². The van der Waals surface area contributed by atoms with Crippen LogP contribution in [-0.2, 0) is 4.79 Å². The molecule has 1 N–H and O–H groups in total. The highest BCUT2D eigenvalue weighted by Gasteiger charge is 2.20. The van der Waals surface area contributed by atoms with Gasteiger partial charge in [0.1, 0.15) is 12.0 Å². The molecule has 1 aliphatic heterocycles. The van der Waals surface area contributed by atoms with Crippen molar-refractivity contribution in [3.8, 4) is 0 Å². The van der Waals surface area contributed by atoms with Gasteiger partial charge in [-0.05, 0) is 13.0 Å². The van der Waals surface area contributed by atoms with Gasteiger partial charge >= 0.3 is 5.97 Å². The van der Waals surface area contributed by atoms with Gasteiger partial charge in [-0.25, -0.2) is 4.98 Å². The third kappa shape index (κ3) is 3.88. The number of carboxylic acid groups (broad SMARTS) is 1. The van der Waals surface area contributed by atoms with Crippen LogP contribution in [0.2, 0.25) is 0 Å². The lowest BCUT2D eigenvalue weighted by atomic mass is 10.2. The molecular formula is C13H18N4O4. The van der Waals surface area contributed by atoms with E-state index in [-0.39, 0.29) is 12.1 Å². The van der Waals surface area contributed by atoms with E-state index in [0.29, 0.717) is 12.1 Å². The summed E-state index contributed by atoms with van der Waals surface area (Å²) in [7, 11) is 0. The Bertz CT molecular complexity index is 541. The molecule has 1 aliphatic rings. The molecule has 8 heteroatoms. The first kappa shape index (κ1) is 15.2. The fourth-order valence-electron chi connectivity index (χ4n) is 2.35. The molecule has 1 fully saturated rings. The standard InChI is InChI=1S/C13H18N4O4/c1-10-8-12(14-9-11(10)17(20)21)16-6-4-15(5-7-16)3-2-13(18)19/h8-9H,2-7H2,1H3,(H,18,19). The van der Waals surface area contributed by atoms with Gasteiger partial charge in [0.25, 0.3) is 5.69 Å². The average molecular weight is 294 g/mol. The van der Waals surface area contributed by atoms with Crippen molar-refractivity contribution < 1.29 is 14.8 Å². The van der Waals surface area contributed by atoms with Crippen LogP contribution in [0.25, 0.3) is 0 Å². The molecule has 114 valence electrons. The molecule has 2 heterocycles. The van der Waals surface area contributed by atoms with Gasteiger partial charge in [0.05, 0.1) is 11.3 Å². The lowest BCUT2D eigenvalue weighted by Crippen LogP contribution is -2.47. The largest absolute Gasteiger partial charge is 0.481 e. The molecule has 0 aliphatic carbocycles. The van der Waals surface area contributed by atoms with E-state index in [9.17, 15) is 14.9 Å². The maximum Gasteiger partial charge on any atom is 0.304 e. The van der Waals surface area contributed by atoms with E-state index in [1.54, 1.807) is 13.0 Å². The minimum Gasteiger partial charge on any atom is -0.481 e. The molecular weight excluding hydrogens is 276 g/mol. The molecule has 0 spiro atoms. The van der Waals surface area contributed by atoms with Crippen LogP contribution in [-0.4, -0.2) is 58.6 Å². The van der Waals surface area contributed by atoms with Crippen molar-refractivity contribution in [1.82, 2.24) is 9.88 Å². The number of carboxylic acids is 1. The van der Waals surface area contributed by atoms with Gasteiger partial charge < -0.3 is 10.0 Å². The molecule has 0 bridgehead atoms. The minimum atomic E-state index is -0.787. The van der Waals surface area contributed by atoms with Gasteiger partial charge in [0.15, 0.2) is 0 Å². The summed E-state index contributed by atoms with van der Waals surface area (Å²) in [6.45, 7) is 5.27. The molecule has 0 unspecified atom stereocenters. The first-order chi connectivity index (χ1) is 9.97. The van der Waals surface area contributed by atoms with Crippen LogP contribution in [0, 0.1) is 17.0 Å². The average Bonchev–Trinajstić information content (AvgIpc) is 2.45. The molecule has 0 aromatic carbocycles. The highest BCUT2D eigenvalue weighted by atomic mass is 16.6. The van der Waals surface area contributed by atoms with Crippen LogP contribution < -0.4 is 4.90 Å². The number of piperazine rings is 1. The summed E-state index contributed by atoms with van der Waals surface area (Å²) in [5.74, 6) is -0.0546. The number of hydrogen-bond donors (Lipinski definition) is 1. The van der Waals surface area contributed by atoms with Gasteiger partial charge in [0.2, 0.25) is 0 Å². The topological polar surface area (TPSA) is 99.8 Å². The summed E-state index contributed by atoms with van der Waals surface area (Å²) in [6.07, 6.45) is 1.44. The van der Waals surface area contributed by atoms with E-state index in [1.165, 1.54) is 6.20 Å². The predicted octanol–water partition coefficient (Wildman–Crippen LogP) is 0.895. The van der Waals surface area contributed by atoms with Crippen LogP contribution >= 0.6 is 0 Å².